The second-order valence-electron chi connectivity index (χ2n) is 3.42. The molecule has 0 atom stereocenters. The van der Waals surface area contributed by atoms with E-state index in [1.165, 1.54) is 6.07 Å². The standard InChI is InChI=1S/C10H14N2O2.ClH/c1-6(2)10(14)12-8-4-3-7(11)5-9(8)13;/h3-6,13H,11H2,1-2H3,(H,12,14);1H. The van der Waals surface area contributed by atoms with Crippen molar-refractivity contribution in [3.8, 4) is 5.75 Å². The summed E-state index contributed by atoms with van der Waals surface area (Å²) in [6, 6.07) is 4.59. The van der Waals surface area contributed by atoms with Crippen molar-refractivity contribution >= 4 is 29.7 Å². The molecule has 0 saturated carbocycles. The molecule has 15 heavy (non-hydrogen) atoms. The Morgan fingerprint density at radius 3 is 2.53 bits per heavy atom. The molecule has 0 bridgehead atoms. The van der Waals surface area contributed by atoms with Gasteiger partial charge in [-0.1, -0.05) is 13.8 Å². The van der Waals surface area contributed by atoms with Crippen molar-refractivity contribution in [3.63, 3.8) is 0 Å². The first-order chi connectivity index (χ1) is 6.50. The van der Waals surface area contributed by atoms with Crippen LogP contribution < -0.4 is 11.1 Å². The average Bonchev–Trinajstić information content (AvgIpc) is 2.09. The van der Waals surface area contributed by atoms with E-state index in [1.54, 1.807) is 26.0 Å². The Morgan fingerprint density at radius 2 is 2.07 bits per heavy atom. The van der Waals surface area contributed by atoms with Crippen molar-refractivity contribution in [2.45, 2.75) is 13.8 Å². The first-order valence-electron chi connectivity index (χ1n) is 4.40. The minimum absolute atomic E-state index is 0. The highest BCUT2D eigenvalue weighted by Crippen LogP contribution is 2.25. The molecule has 0 fully saturated rings. The third-order valence-electron chi connectivity index (χ3n) is 1.80. The van der Waals surface area contributed by atoms with Crippen LogP contribution in [0.3, 0.4) is 0 Å². The van der Waals surface area contributed by atoms with E-state index < -0.39 is 0 Å². The minimum atomic E-state index is -0.134. The first kappa shape index (κ1) is 13.6. The van der Waals surface area contributed by atoms with Gasteiger partial charge in [0.2, 0.25) is 5.91 Å². The molecular weight excluding hydrogens is 216 g/mol. The quantitative estimate of drug-likeness (QED) is 0.537. The number of carbonyl (C=O) groups is 1. The highest BCUT2D eigenvalue weighted by molar-refractivity contribution is 5.93. The Morgan fingerprint density at radius 1 is 1.47 bits per heavy atom. The van der Waals surface area contributed by atoms with E-state index >= 15 is 0 Å². The largest absolute Gasteiger partial charge is 0.506 e. The molecule has 0 radical (unpaired) electrons. The molecule has 0 spiro atoms. The van der Waals surface area contributed by atoms with Crippen LogP contribution in [0.5, 0.6) is 5.75 Å². The number of halogens is 1. The number of hydrogen-bond donors (Lipinski definition) is 3. The molecular formula is C10H15ClN2O2. The summed E-state index contributed by atoms with van der Waals surface area (Å²) in [5.41, 5.74) is 6.30. The van der Waals surface area contributed by atoms with Crippen molar-refractivity contribution in [3.05, 3.63) is 18.2 Å². The number of phenols is 1. The average molecular weight is 231 g/mol. The molecule has 0 aliphatic rings. The lowest BCUT2D eigenvalue weighted by Crippen LogP contribution is -2.17. The van der Waals surface area contributed by atoms with Crippen LogP contribution in [0.25, 0.3) is 0 Å². The van der Waals surface area contributed by atoms with Crippen LogP contribution in [-0.4, -0.2) is 11.0 Å². The zero-order valence-electron chi connectivity index (χ0n) is 8.65. The summed E-state index contributed by atoms with van der Waals surface area (Å²) in [6.07, 6.45) is 0. The van der Waals surface area contributed by atoms with Gasteiger partial charge >= 0.3 is 0 Å². The van der Waals surface area contributed by atoms with Crippen LogP contribution in [0, 0.1) is 5.92 Å². The molecule has 1 rings (SSSR count). The molecule has 4 N–H and O–H groups in total. The maximum atomic E-state index is 11.3. The Kier molecular flexibility index (Phi) is 4.94. The van der Waals surface area contributed by atoms with Crippen LogP contribution in [0.15, 0.2) is 18.2 Å². The first-order valence-corrected chi connectivity index (χ1v) is 4.40. The predicted molar refractivity (Wildman–Crippen MR) is 63.2 cm³/mol. The van der Waals surface area contributed by atoms with E-state index in [0.29, 0.717) is 11.4 Å². The predicted octanol–water partition coefficient (Wildman–Crippen LogP) is 1.99. The van der Waals surface area contributed by atoms with Crippen LogP contribution in [0.2, 0.25) is 0 Å². The number of rotatable bonds is 2. The Bertz CT molecular complexity index is 353. The molecule has 0 aromatic heterocycles. The fourth-order valence-electron chi connectivity index (χ4n) is 0.931. The smallest absolute Gasteiger partial charge is 0.227 e. The molecule has 1 amide bonds. The summed E-state index contributed by atoms with van der Waals surface area (Å²) in [6.45, 7) is 3.56. The van der Waals surface area contributed by atoms with Gasteiger partial charge in [0.25, 0.3) is 0 Å². The molecule has 0 unspecified atom stereocenters. The third kappa shape index (κ3) is 3.67. The van der Waals surface area contributed by atoms with Crippen LogP contribution >= 0.6 is 12.4 Å². The number of nitrogens with one attached hydrogen (secondary N) is 1. The van der Waals surface area contributed by atoms with Gasteiger partial charge in [0.15, 0.2) is 0 Å². The van der Waals surface area contributed by atoms with Gasteiger partial charge in [-0.15, -0.1) is 12.4 Å². The Labute approximate surface area is 94.9 Å². The van der Waals surface area contributed by atoms with Crippen molar-refractivity contribution in [2.75, 3.05) is 11.1 Å². The van der Waals surface area contributed by atoms with Gasteiger partial charge in [-0.05, 0) is 12.1 Å². The number of anilines is 2. The topological polar surface area (TPSA) is 75.4 Å². The van der Waals surface area contributed by atoms with Gasteiger partial charge in [-0.25, -0.2) is 0 Å². The summed E-state index contributed by atoms with van der Waals surface area (Å²) in [7, 11) is 0. The number of nitrogen functional groups attached to an aromatic ring is 1. The lowest BCUT2D eigenvalue weighted by molar-refractivity contribution is -0.118. The number of hydrogen-bond acceptors (Lipinski definition) is 3. The summed E-state index contributed by atoms with van der Waals surface area (Å²) in [5.74, 6) is -0.268. The molecule has 5 heteroatoms. The van der Waals surface area contributed by atoms with Crippen molar-refractivity contribution in [2.24, 2.45) is 5.92 Å². The number of aromatic hydroxyl groups is 1. The lowest BCUT2D eigenvalue weighted by Gasteiger charge is -2.09. The highest BCUT2D eigenvalue weighted by atomic mass is 35.5. The zero-order chi connectivity index (χ0) is 10.7. The molecule has 84 valence electrons. The summed E-state index contributed by atoms with van der Waals surface area (Å²) >= 11 is 0. The molecule has 0 saturated heterocycles. The van der Waals surface area contributed by atoms with E-state index in [2.05, 4.69) is 5.32 Å². The van der Waals surface area contributed by atoms with Crippen molar-refractivity contribution in [1.29, 1.82) is 0 Å². The van der Waals surface area contributed by atoms with Crippen LogP contribution in [0.1, 0.15) is 13.8 Å². The molecule has 0 aliphatic heterocycles. The maximum Gasteiger partial charge on any atom is 0.227 e. The SMILES string of the molecule is CC(C)C(=O)Nc1ccc(N)cc1O.Cl. The summed E-state index contributed by atoms with van der Waals surface area (Å²) < 4.78 is 0. The van der Waals surface area contributed by atoms with Crippen molar-refractivity contribution < 1.29 is 9.90 Å². The second kappa shape index (κ2) is 5.46. The second-order valence-corrected chi connectivity index (χ2v) is 3.42. The van der Waals surface area contributed by atoms with E-state index in [0.717, 1.165) is 0 Å². The third-order valence-corrected chi connectivity index (χ3v) is 1.80. The van der Waals surface area contributed by atoms with E-state index in [-0.39, 0.29) is 30.0 Å². The highest BCUT2D eigenvalue weighted by Gasteiger charge is 2.09. The van der Waals surface area contributed by atoms with Crippen LogP contribution in [-0.2, 0) is 4.79 Å². The van der Waals surface area contributed by atoms with Gasteiger partial charge in [0.05, 0.1) is 5.69 Å². The summed E-state index contributed by atoms with van der Waals surface area (Å²) in [4.78, 5) is 11.3. The van der Waals surface area contributed by atoms with Gasteiger partial charge in [-0.2, -0.15) is 0 Å². The normalized spacial score (nSPS) is 9.53. The molecule has 0 aliphatic carbocycles. The number of nitrogens with two attached hydrogens (primary N) is 1. The van der Waals surface area contributed by atoms with E-state index in [9.17, 15) is 9.90 Å². The Balaban J connectivity index is 0.00000196. The van der Waals surface area contributed by atoms with Crippen molar-refractivity contribution in [1.82, 2.24) is 0 Å². The number of phenolic OH excluding ortho intramolecular Hbond substituents is 1. The fourth-order valence-corrected chi connectivity index (χ4v) is 0.931. The molecule has 1 aromatic rings. The lowest BCUT2D eigenvalue weighted by atomic mass is 10.2. The van der Waals surface area contributed by atoms with Gasteiger partial charge in [0, 0.05) is 17.7 Å². The molecule has 0 heterocycles. The fraction of sp³-hybridized carbons (Fsp3) is 0.300. The van der Waals surface area contributed by atoms with Gasteiger partial charge < -0.3 is 16.2 Å². The van der Waals surface area contributed by atoms with E-state index in [1.807, 2.05) is 0 Å². The zero-order valence-corrected chi connectivity index (χ0v) is 9.47. The monoisotopic (exact) mass is 230 g/mol. The maximum absolute atomic E-state index is 11.3. The number of carbonyl (C=O) groups excluding carboxylic acids is 1. The number of amides is 1. The minimum Gasteiger partial charge on any atom is -0.506 e. The van der Waals surface area contributed by atoms with Gasteiger partial charge in [-0.3, -0.25) is 4.79 Å². The molecule has 4 nitrogen and oxygen atoms in total. The Hall–Kier alpha value is -1.42. The number of benzene rings is 1. The summed E-state index contributed by atoms with van der Waals surface area (Å²) in [5, 5.41) is 12.0. The molecule has 1 aromatic carbocycles. The van der Waals surface area contributed by atoms with Crippen LogP contribution in [0.4, 0.5) is 11.4 Å². The van der Waals surface area contributed by atoms with Gasteiger partial charge in [0.1, 0.15) is 5.75 Å². The van der Waals surface area contributed by atoms with E-state index in [4.69, 9.17) is 5.73 Å².